The summed E-state index contributed by atoms with van der Waals surface area (Å²) in [4.78, 5) is 29.7. The highest BCUT2D eigenvalue weighted by atomic mass is 16.5. The second-order valence-electron chi connectivity index (χ2n) is 9.81. The number of fused-ring (bicyclic) bond motifs is 1. The number of amides is 1. The quantitative estimate of drug-likeness (QED) is 0.364. The topological polar surface area (TPSA) is 109 Å². The number of nitrogens with one attached hydrogen (secondary N) is 1. The van der Waals surface area contributed by atoms with Crippen molar-refractivity contribution in [1.82, 2.24) is 24.6 Å². The van der Waals surface area contributed by atoms with Gasteiger partial charge in [-0.1, -0.05) is 24.3 Å². The predicted octanol–water partition coefficient (Wildman–Crippen LogP) is 3.91. The number of likely N-dealkylation sites (tertiary alicyclic amines) is 1. The van der Waals surface area contributed by atoms with Gasteiger partial charge in [0, 0.05) is 43.5 Å². The van der Waals surface area contributed by atoms with Gasteiger partial charge < -0.3 is 24.8 Å². The van der Waals surface area contributed by atoms with Crippen molar-refractivity contribution in [3.05, 3.63) is 88.9 Å². The third kappa shape index (κ3) is 5.33. The van der Waals surface area contributed by atoms with Crippen molar-refractivity contribution < 1.29 is 9.53 Å². The minimum absolute atomic E-state index is 0.00212. The lowest BCUT2D eigenvalue weighted by molar-refractivity contribution is -0.127. The molecule has 0 bridgehead atoms. The Bertz CT molecular complexity index is 1510. The Morgan fingerprint density at radius 2 is 1.89 bits per heavy atom. The van der Waals surface area contributed by atoms with Crippen molar-refractivity contribution in [2.45, 2.75) is 18.8 Å². The summed E-state index contributed by atoms with van der Waals surface area (Å²) in [5, 5.41) is 7.09. The van der Waals surface area contributed by atoms with Crippen LogP contribution in [0.5, 0.6) is 11.5 Å². The number of piperidine rings is 1. The number of anilines is 1. The minimum atomic E-state index is -0.290. The number of H-pyrrole nitrogens is 1. The van der Waals surface area contributed by atoms with E-state index in [2.05, 4.69) is 10.2 Å². The molecule has 38 heavy (non-hydrogen) atoms. The van der Waals surface area contributed by atoms with E-state index in [1.807, 2.05) is 95.3 Å². The van der Waals surface area contributed by atoms with E-state index in [9.17, 15) is 9.59 Å². The van der Waals surface area contributed by atoms with E-state index in [0.717, 1.165) is 29.8 Å². The Hall–Kier alpha value is -4.37. The predicted molar refractivity (Wildman–Crippen MR) is 149 cm³/mol. The van der Waals surface area contributed by atoms with Crippen LogP contribution in [0.2, 0.25) is 0 Å². The van der Waals surface area contributed by atoms with Crippen LogP contribution in [0.25, 0.3) is 16.6 Å². The Kier molecular flexibility index (Phi) is 7.28. The van der Waals surface area contributed by atoms with Gasteiger partial charge in [-0.15, -0.1) is 0 Å². The van der Waals surface area contributed by atoms with Crippen molar-refractivity contribution >= 4 is 22.6 Å². The SMILES string of the molecule is CN(C)C/C=C/C(=O)N1CCCC(c2cn(-c3ccc(Oc4ccccc4)cc3)c3c(N)n[nH]c(=O)c23)C1. The first-order chi connectivity index (χ1) is 18.4. The summed E-state index contributed by atoms with van der Waals surface area (Å²) in [7, 11) is 3.92. The van der Waals surface area contributed by atoms with Gasteiger partial charge in [-0.05, 0) is 68.9 Å². The van der Waals surface area contributed by atoms with Crippen molar-refractivity contribution in [2.75, 3.05) is 39.5 Å². The summed E-state index contributed by atoms with van der Waals surface area (Å²) in [5.41, 5.74) is 8.26. The van der Waals surface area contributed by atoms with Crippen molar-refractivity contribution in [2.24, 2.45) is 0 Å². The zero-order chi connectivity index (χ0) is 26.6. The molecule has 3 heterocycles. The lowest BCUT2D eigenvalue weighted by Gasteiger charge is -2.32. The number of nitrogen functional groups attached to an aromatic ring is 1. The van der Waals surface area contributed by atoms with Crippen LogP contribution in [-0.4, -0.2) is 64.2 Å². The summed E-state index contributed by atoms with van der Waals surface area (Å²) in [6.45, 7) is 1.94. The Labute approximate surface area is 221 Å². The van der Waals surface area contributed by atoms with Gasteiger partial charge in [0.2, 0.25) is 5.91 Å². The number of para-hydroxylation sites is 1. The molecule has 0 saturated carbocycles. The molecular formula is C29H32N6O3. The van der Waals surface area contributed by atoms with E-state index < -0.39 is 0 Å². The maximum Gasteiger partial charge on any atom is 0.274 e. The first-order valence-corrected chi connectivity index (χ1v) is 12.7. The highest BCUT2D eigenvalue weighted by molar-refractivity contribution is 5.92. The smallest absolute Gasteiger partial charge is 0.274 e. The average molecular weight is 513 g/mol. The molecule has 0 radical (unpaired) electrons. The Balaban J connectivity index is 1.46. The number of carbonyl (C=O) groups is 1. The summed E-state index contributed by atoms with van der Waals surface area (Å²) >= 11 is 0. The van der Waals surface area contributed by atoms with Crippen molar-refractivity contribution in [1.29, 1.82) is 0 Å². The molecule has 9 heteroatoms. The molecule has 1 aliphatic heterocycles. The van der Waals surface area contributed by atoms with Gasteiger partial charge in [-0.2, -0.15) is 5.10 Å². The zero-order valence-corrected chi connectivity index (χ0v) is 21.6. The van der Waals surface area contributed by atoms with Gasteiger partial charge in [-0.3, -0.25) is 9.59 Å². The number of nitrogens with zero attached hydrogens (tertiary/aromatic N) is 4. The monoisotopic (exact) mass is 512 g/mol. The lowest BCUT2D eigenvalue weighted by atomic mass is 9.90. The van der Waals surface area contributed by atoms with Gasteiger partial charge >= 0.3 is 0 Å². The van der Waals surface area contributed by atoms with E-state index in [1.54, 1.807) is 6.08 Å². The first kappa shape index (κ1) is 25.3. The highest BCUT2D eigenvalue weighted by Gasteiger charge is 2.28. The third-order valence-corrected chi connectivity index (χ3v) is 6.78. The molecule has 1 aliphatic rings. The van der Waals surface area contributed by atoms with Crippen molar-refractivity contribution in [3.63, 3.8) is 0 Å². The van der Waals surface area contributed by atoms with Crippen LogP contribution in [0.3, 0.4) is 0 Å². The van der Waals surface area contributed by atoms with E-state index in [1.165, 1.54) is 0 Å². The number of likely N-dealkylation sites (N-methyl/N-ethyl adjacent to an activating group) is 1. The number of benzene rings is 2. The molecule has 1 unspecified atom stereocenters. The Morgan fingerprint density at radius 1 is 1.16 bits per heavy atom. The number of rotatable bonds is 7. The first-order valence-electron chi connectivity index (χ1n) is 12.7. The molecule has 2 aromatic carbocycles. The molecule has 4 aromatic rings. The van der Waals surface area contributed by atoms with Gasteiger partial charge in [0.05, 0.1) is 5.39 Å². The summed E-state index contributed by atoms with van der Waals surface area (Å²) < 4.78 is 7.84. The molecule has 5 rings (SSSR count). The lowest BCUT2D eigenvalue weighted by Crippen LogP contribution is -2.38. The average Bonchev–Trinajstić information content (AvgIpc) is 3.34. The van der Waals surface area contributed by atoms with Crippen LogP contribution in [0, 0.1) is 0 Å². The van der Waals surface area contributed by atoms with E-state index in [4.69, 9.17) is 10.5 Å². The molecule has 0 aliphatic carbocycles. The summed E-state index contributed by atoms with van der Waals surface area (Å²) in [6.07, 6.45) is 7.20. The number of aromatic amines is 1. The summed E-state index contributed by atoms with van der Waals surface area (Å²) in [5.74, 6) is 1.68. The number of ether oxygens (including phenoxy) is 1. The molecule has 1 amide bonds. The molecule has 9 nitrogen and oxygen atoms in total. The fourth-order valence-corrected chi connectivity index (χ4v) is 4.95. The number of hydrogen-bond donors (Lipinski definition) is 2. The van der Waals surface area contributed by atoms with E-state index in [0.29, 0.717) is 36.3 Å². The molecule has 1 saturated heterocycles. The molecule has 1 fully saturated rings. The van der Waals surface area contributed by atoms with Crippen LogP contribution in [-0.2, 0) is 4.79 Å². The minimum Gasteiger partial charge on any atom is -0.457 e. The van der Waals surface area contributed by atoms with Crippen LogP contribution >= 0.6 is 0 Å². The molecule has 1 atom stereocenters. The molecule has 3 N–H and O–H groups in total. The molecule has 0 spiro atoms. The fourth-order valence-electron chi connectivity index (χ4n) is 4.95. The maximum atomic E-state index is 13.0. The molecule has 2 aromatic heterocycles. The largest absolute Gasteiger partial charge is 0.457 e. The second-order valence-corrected chi connectivity index (χ2v) is 9.81. The third-order valence-electron chi connectivity index (χ3n) is 6.78. The number of aromatic nitrogens is 3. The number of nitrogens with two attached hydrogens (primary N) is 1. The van der Waals surface area contributed by atoms with Gasteiger partial charge in [-0.25, -0.2) is 5.10 Å². The number of carbonyl (C=O) groups excluding carboxylic acids is 1. The number of hydrogen-bond acceptors (Lipinski definition) is 6. The zero-order valence-electron chi connectivity index (χ0n) is 21.6. The fraction of sp³-hybridized carbons (Fsp3) is 0.276. The van der Waals surface area contributed by atoms with Gasteiger partial charge in [0.25, 0.3) is 5.56 Å². The normalized spacial score (nSPS) is 16.0. The maximum absolute atomic E-state index is 13.0. The Morgan fingerprint density at radius 3 is 2.63 bits per heavy atom. The van der Waals surface area contributed by atoms with Crippen molar-refractivity contribution in [3.8, 4) is 17.2 Å². The van der Waals surface area contributed by atoms with Crippen LogP contribution in [0.15, 0.2) is 77.7 Å². The molecular weight excluding hydrogens is 480 g/mol. The highest BCUT2D eigenvalue weighted by Crippen LogP contribution is 2.35. The molecule has 196 valence electrons. The van der Waals surface area contributed by atoms with E-state index in [-0.39, 0.29) is 23.2 Å². The second kappa shape index (κ2) is 10.9. The van der Waals surface area contributed by atoms with Crippen LogP contribution in [0.4, 0.5) is 5.82 Å². The van der Waals surface area contributed by atoms with Crippen LogP contribution in [0.1, 0.15) is 24.3 Å². The standard InChI is InChI=1S/C29H32N6O3/c1-33(2)16-7-11-25(36)34-17-6-8-20(18-34)24-19-35(27-26(24)29(37)32-31-28(27)30)21-12-14-23(15-13-21)38-22-9-4-3-5-10-22/h3-5,7,9-15,19-20H,6,8,16-18H2,1-2H3,(H2,30,31)(H,32,37)/b11-7+. The van der Waals surface area contributed by atoms with Gasteiger partial charge in [0.1, 0.15) is 17.0 Å². The van der Waals surface area contributed by atoms with E-state index >= 15 is 0 Å². The summed E-state index contributed by atoms with van der Waals surface area (Å²) in [6, 6.07) is 17.2. The van der Waals surface area contributed by atoms with Gasteiger partial charge in [0.15, 0.2) is 5.82 Å². The van der Waals surface area contributed by atoms with Crippen LogP contribution < -0.4 is 16.0 Å².